The summed E-state index contributed by atoms with van der Waals surface area (Å²) in [7, 11) is 0. The Morgan fingerprint density at radius 1 is 1.00 bits per heavy atom. The summed E-state index contributed by atoms with van der Waals surface area (Å²) in [6, 6.07) is 13.6. The van der Waals surface area contributed by atoms with E-state index in [2.05, 4.69) is 32.2 Å². The average Bonchev–Trinajstić information content (AvgIpc) is 2.42. The molecule has 0 bridgehead atoms. The molecule has 0 aliphatic carbocycles. The van der Waals surface area contributed by atoms with Crippen LogP contribution in [0.25, 0.3) is 0 Å². The van der Waals surface area contributed by atoms with E-state index in [0.29, 0.717) is 23.2 Å². The summed E-state index contributed by atoms with van der Waals surface area (Å²) < 4.78 is 5.92. The monoisotopic (exact) mass is 337 g/mol. The Kier molecular flexibility index (Phi) is 5.60. The first-order valence-electron chi connectivity index (χ1n) is 7.28. The molecule has 118 valence electrons. The van der Waals surface area contributed by atoms with E-state index >= 15 is 0 Å². The van der Waals surface area contributed by atoms with Crippen LogP contribution in [-0.2, 0) is 5.41 Å². The first-order valence-corrected chi connectivity index (χ1v) is 8.04. The summed E-state index contributed by atoms with van der Waals surface area (Å²) in [6.07, 6.45) is 0. The summed E-state index contributed by atoms with van der Waals surface area (Å²) in [5.41, 5.74) is 2.16. The van der Waals surface area contributed by atoms with Gasteiger partial charge in [0.1, 0.15) is 12.4 Å². The maximum absolute atomic E-state index is 5.97. The number of halogens is 2. The Hall–Kier alpha value is -1.38. The molecule has 2 aromatic rings. The lowest BCUT2D eigenvalue weighted by atomic mass is 9.86. The third kappa shape index (κ3) is 4.82. The van der Waals surface area contributed by atoms with E-state index in [1.54, 1.807) is 6.07 Å². The van der Waals surface area contributed by atoms with Gasteiger partial charge in [0.05, 0.1) is 0 Å². The van der Waals surface area contributed by atoms with Gasteiger partial charge in [-0.05, 0) is 35.2 Å². The van der Waals surface area contributed by atoms with Gasteiger partial charge < -0.3 is 10.1 Å². The Bertz CT molecular complexity index is 615. The van der Waals surface area contributed by atoms with E-state index in [0.717, 1.165) is 11.4 Å². The van der Waals surface area contributed by atoms with Crippen molar-refractivity contribution in [2.75, 3.05) is 18.5 Å². The molecule has 0 radical (unpaired) electrons. The fraction of sp³-hybridized carbons (Fsp3) is 0.333. The number of nitrogens with one attached hydrogen (secondary N) is 1. The highest BCUT2D eigenvalue weighted by Gasteiger charge is 2.18. The molecule has 0 fully saturated rings. The van der Waals surface area contributed by atoms with Crippen LogP contribution >= 0.6 is 23.2 Å². The molecule has 2 nitrogen and oxygen atoms in total. The highest BCUT2D eigenvalue weighted by molar-refractivity contribution is 6.35. The number of hydrogen-bond acceptors (Lipinski definition) is 2. The molecular weight excluding hydrogens is 317 g/mol. The molecule has 0 aromatic heterocycles. The van der Waals surface area contributed by atoms with Gasteiger partial charge in [-0.3, -0.25) is 0 Å². The highest BCUT2D eigenvalue weighted by Crippen LogP contribution is 2.30. The molecule has 0 atom stereocenters. The van der Waals surface area contributed by atoms with E-state index < -0.39 is 0 Å². The van der Waals surface area contributed by atoms with E-state index in [9.17, 15) is 0 Å². The Balaban J connectivity index is 1.92. The van der Waals surface area contributed by atoms with Crippen molar-refractivity contribution >= 4 is 28.9 Å². The number of hydrogen-bond donors (Lipinski definition) is 1. The Morgan fingerprint density at radius 3 is 2.27 bits per heavy atom. The lowest BCUT2D eigenvalue weighted by Crippen LogP contribution is -2.16. The van der Waals surface area contributed by atoms with Gasteiger partial charge in [-0.1, -0.05) is 62.2 Å². The molecule has 0 amide bonds. The second kappa shape index (κ2) is 7.26. The Labute approximate surface area is 142 Å². The third-order valence-corrected chi connectivity index (χ3v) is 3.68. The van der Waals surface area contributed by atoms with Crippen LogP contribution in [0.3, 0.4) is 0 Å². The maximum Gasteiger partial charge on any atom is 0.123 e. The number of anilines is 1. The van der Waals surface area contributed by atoms with Crippen molar-refractivity contribution in [3.63, 3.8) is 0 Å². The van der Waals surface area contributed by atoms with Gasteiger partial charge in [0.25, 0.3) is 0 Å². The first-order chi connectivity index (χ1) is 10.4. The smallest absolute Gasteiger partial charge is 0.123 e. The number of benzene rings is 2. The lowest BCUT2D eigenvalue weighted by molar-refractivity contribution is 0.323. The molecule has 1 N–H and O–H groups in total. The van der Waals surface area contributed by atoms with Crippen LogP contribution in [-0.4, -0.2) is 13.2 Å². The quantitative estimate of drug-likeness (QED) is 0.698. The van der Waals surface area contributed by atoms with Crippen LogP contribution in [0.4, 0.5) is 5.69 Å². The molecular formula is C18H21Cl2NO. The minimum atomic E-state index is 0.0600. The highest BCUT2D eigenvalue weighted by atomic mass is 35.5. The van der Waals surface area contributed by atoms with E-state index in [4.69, 9.17) is 27.9 Å². The van der Waals surface area contributed by atoms with Gasteiger partial charge in [0, 0.05) is 22.3 Å². The fourth-order valence-corrected chi connectivity index (χ4v) is 2.75. The van der Waals surface area contributed by atoms with Crippen LogP contribution in [0.15, 0.2) is 42.5 Å². The zero-order valence-corrected chi connectivity index (χ0v) is 14.6. The van der Waals surface area contributed by atoms with Crippen LogP contribution in [0.1, 0.15) is 26.3 Å². The molecule has 0 aliphatic heterocycles. The Morgan fingerprint density at radius 2 is 1.64 bits per heavy atom. The topological polar surface area (TPSA) is 21.3 Å². The fourth-order valence-electron chi connectivity index (χ4n) is 2.22. The molecule has 0 aliphatic rings. The average molecular weight is 338 g/mol. The SMILES string of the molecule is CC(C)(C)c1ccccc1OCCNc1cc(Cl)cc(Cl)c1. The predicted octanol–water partition coefficient (Wildman–Crippen LogP) is 5.78. The van der Waals surface area contributed by atoms with E-state index in [-0.39, 0.29) is 5.41 Å². The van der Waals surface area contributed by atoms with Gasteiger partial charge in [-0.25, -0.2) is 0 Å². The third-order valence-electron chi connectivity index (χ3n) is 3.25. The molecule has 22 heavy (non-hydrogen) atoms. The molecule has 0 unspecified atom stereocenters. The number of ether oxygens (including phenoxy) is 1. The van der Waals surface area contributed by atoms with Crippen LogP contribution in [0, 0.1) is 0 Å². The van der Waals surface area contributed by atoms with Gasteiger partial charge in [-0.15, -0.1) is 0 Å². The summed E-state index contributed by atoms with van der Waals surface area (Å²) >= 11 is 11.9. The van der Waals surface area contributed by atoms with Crippen molar-refractivity contribution in [1.29, 1.82) is 0 Å². The maximum atomic E-state index is 5.97. The molecule has 0 saturated heterocycles. The summed E-state index contributed by atoms with van der Waals surface area (Å²) in [5, 5.41) is 4.50. The van der Waals surface area contributed by atoms with E-state index in [1.807, 2.05) is 30.3 Å². The predicted molar refractivity (Wildman–Crippen MR) is 95.6 cm³/mol. The van der Waals surface area contributed by atoms with Gasteiger partial charge in [0.2, 0.25) is 0 Å². The van der Waals surface area contributed by atoms with Gasteiger partial charge in [0.15, 0.2) is 0 Å². The van der Waals surface area contributed by atoms with Crippen molar-refractivity contribution in [3.8, 4) is 5.75 Å². The minimum absolute atomic E-state index is 0.0600. The van der Waals surface area contributed by atoms with Crippen LogP contribution < -0.4 is 10.1 Å². The normalized spacial score (nSPS) is 11.3. The molecule has 0 spiro atoms. The van der Waals surface area contributed by atoms with Crippen LogP contribution in [0.2, 0.25) is 10.0 Å². The molecule has 2 rings (SSSR count). The second-order valence-corrected chi connectivity index (χ2v) is 7.05. The summed E-state index contributed by atoms with van der Waals surface area (Å²) in [5.74, 6) is 0.931. The molecule has 4 heteroatoms. The largest absolute Gasteiger partial charge is 0.491 e. The summed E-state index contributed by atoms with van der Waals surface area (Å²) in [4.78, 5) is 0. The standard InChI is InChI=1S/C18H21Cl2NO/c1-18(2,3)16-6-4-5-7-17(16)22-9-8-21-15-11-13(19)10-14(20)12-15/h4-7,10-12,21H,8-9H2,1-3H3. The molecule has 0 heterocycles. The zero-order chi connectivity index (χ0) is 16.2. The van der Waals surface area contributed by atoms with Crippen molar-refractivity contribution in [3.05, 3.63) is 58.1 Å². The first kappa shape index (κ1) is 17.0. The van der Waals surface area contributed by atoms with Crippen molar-refractivity contribution in [1.82, 2.24) is 0 Å². The van der Waals surface area contributed by atoms with Crippen molar-refractivity contribution < 1.29 is 4.74 Å². The van der Waals surface area contributed by atoms with E-state index in [1.165, 1.54) is 5.56 Å². The zero-order valence-electron chi connectivity index (χ0n) is 13.1. The number of para-hydroxylation sites is 1. The summed E-state index contributed by atoms with van der Waals surface area (Å²) in [6.45, 7) is 7.79. The van der Waals surface area contributed by atoms with Gasteiger partial charge >= 0.3 is 0 Å². The van der Waals surface area contributed by atoms with Crippen molar-refractivity contribution in [2.24, 2.45) is 0 Å². The molecule has 0 saturated carbocycles. The van der Waals surface area contributed by atoms with Crippen molar-refractivity contribution in [2.45, 2.75) is 26.2 Å². The van der Waals surface area contributed by atoms with Gasteiger partial charge in [-0.2, -0.15) is 0 Å². The van der Waals surface area contributed by atoms with Crippen LogP contribution in [0.5, 0.6) is 5.75 Å². The minimum Gasteiger partial charge on any atom is -0.491 e. The molecule has 2 aromatic carbocycles. The number of rotatable bonds is 5. The lowest BCUT2D eigenvalue weighted by Gasteiger charge is -2.22. The second-order valence-electron chi connectivity index (χ2n) is 6.18.